The highest BCUT2D eigenvalue weighted by atomic mass is 32.1. The van der Waals surface area contributed by atoms with Gasteiger partial charge in [-0.1, -0.05) is 0 Å². The van der Waals surface area contributed by atoms with E-state index in [4.69, 9.17) is 9.47 Å². The minimum atomic E-state index is -0.485. The number of methoxy groups -OCH3 is 1. The number of aryl methyl sites for hydroxylation is 2. The molecule has 110 valence electrons. The number of aliphatic hydroxyl groups is 1. The number of nitrogens with one attached hydrogen (secondary N) is 1. The maximum Gasteiger partial charge on any atom is 0.0897 e. The standard InChI is InChI=1S/C14H25NO3S/c1-10-5-14(19-12(10)3)7-15-6-13(16)9-18-11(2)8-17-4/h5,11,13,15-16H,6-9H2,1-4H3. The molecular weight excluding hydrogens is 262 g/mol. The predicted octanol–water partition coefficient (Wildman–Crippen LogP) is 1.87. The Morgan fingerprint density at radius 1 is 1.37 bits per heavy atom. The molecule has 4 nitrogen and oxygen atoms in total. The molecule has 0 saturated heterocycles. The smallest absolute Gasteiger partial charge is 0.0897 e. The van der Waals surface area contributed by atoms with E-state index in [9.17, 15) is 5.11 Å². The summed E-state index contributed by atoms with van der Waals surface area (Å²) in [5.41, 5.74) is 1.33. The van der Waals surface area contributed by atoms with Crippen molar-refractivity contribution in [2.24, 2.45) is 0 Å². The van der Waals surface area contributed by atoms with Crippen molar-refractivity contribution in [3.63, 3.8) is 0 Å². The van der Waals surface area contributed by atoms with Gasteiger partial charge in [0.25, 0.3) is 0 Å². The van der Waals surface area contributed by atoms with E-state index in [1.165, 1.54) is 15.3 Å². The van der Waals surface area contributed by atoms with E-state index in [1.54, 1.807) is 18.4 Å². The van der Waals surface area contributed by atoms with Gasteiger partial charge >= 0.3 is 0 Å². The van der Waals surface area contributed by atoms with Crippen LogP contribution in [0.3, 0.4) is 0 Å². The van der Waals surface area contributed by atoms with E-state index in [-0.39, 0.29) is 6.10 Å². The van der Waals surface area contributed by atoms with E-state index < -0.39 is 6.10 Å². The van der Waals surface area contributed by atoms with Gasteiger partial charge in [0.15, 0.2) is 0 Å². The zero-order valence-electron chi connectivity index (χ0n) is 12.2. The largest absolute Gasteiger partial charge is 0.389 e. The Kier molecular flexibility index (Phi) is 7.56. The summed E-state index contributed by atoms with van der Waals surface area (Å²) in [6.45, 7) is 8.40. The molecule has 0 saturated carbocycles. The highest BCUT2D eigenvalue weighted by molar-refractivity contribution is 7.12. The SMILES string of the molecule is COCC(C)OCC(O)CNCc1cc(C)c(C)s1. The number of hydrogen-bond acceptors (Lipinski definition) is 5. The van der Waals surface area contributed by atoms with E-state index in [2.05, 4.69) is 25.2 Å². The zero-order chi connectivity index (χ0) is 14.3. The lowest BCUT2D eigenvalue weighted by Gasteiger charge is -2.16. The van der Waals surface area contributed by atoms with Crippen molar-refractivity contribution < 1.29 is 14.6 Å². The first-order chi connectivity index (χ1) is 9.02. The topological polar surface area (TPSA) is 50.7 Å². The van der Waals surface area contributed by atoms with Crippen LogP contribution in [0.5, 0.6) is 0 Å². The Balaban J connectivity index is 2.14. The lowest BCUT2D eigenvalue weighted by Crippen LogP contribution is -2.32. The van der Waals surface area contributed by atoms with Crippen molar-refractivity contribution in [3.05, 3.63) is 21.4 Å². The first-order valence-electron chi connectivity index (χ1n) is 6.58. The van der Waals surface area contributed by atoms with Crippen LogP contribution in [0.2, 0.25) is 0 Å². The van der Waals surface area contributed by atoms with Crippen LogP contribution >= 0.6 is 11.3 Å². The maximum absolute atomic E-state index is 9.78. The van der Waals surface area contributed by atoms with Crippen LogP contribution in [0, 0.1) is 13.8 Å². The van der Waals surface area contributed by atoms with Crippen LogP contribution in [0.15, 0.2) is 6.07 Å². The van der Waals surface area contributed by atoms with Gasteiger partial charge in [0.2, 0.25) is 0 Å². The van der Waals surface area contributed by atoms with Gasteiger partial charge in [-0.2, -0.15) is 0 Å². The minimum Gasteiger partial charge on any atom is -0.389 e. The van der Waals surface area contributed by atoms with Gasteiger partial charge in [0, 0.05) is 30.0 Å². The second-order valence-electron chi connectivity index (χ2n) is 4.84. The zero-order valence-corrected chi connectivity index (χ0v) is 13.0. The van der Waals surface area contributed by atoms with E-state index in [1.807, 2.05) is 6.92 Å². The van der Waals surface area contributed by atoms with Crippen LogP contribution in [0.25, 0.3) is 0 Å². The van der Waals surface area contributed by atoms with Crippen molar-refractivity contribution in [3.8, 4) is 0 Å². The molecule has 2 unspecified atom stereocenters. The average molecular weight is 287 g/mol. The van der Waals surface area contributed by atoms with Crippen LogP contribution in [-0.4, -0.2) is 44.2 Å². The first kappa shape index (κ1) is 16.6. The Hall–Kier alpha value is -0.460. The third-order valence-corrected chi connectivity index (χ3v) is 4.02. The van der Waals surface area contributed by atoms with Crippen LogP contribution in [-0.2, 0) is 16.0 Å². The molecule has 2 atom stereocenters. The molecule has 1 rings (SSSR count). The Bertz CT molecular complexity index is 348. The summed E-state index contributed by atoms with van der Waals surface area (Å²) in [5, 5.41) is 13.0. The number of ether oxygens (including phenoxy) is 2. The average Bonchev–Trinajstić information content (AvgIpc) is 2.66. The number of hydrogen-bond donors (Lipinski definition) is 2. The van der Waals surface area contributed by atoms with Crippen molar-refractivity contribution in [2.75, 3.05) is 26.9 Å². The molecule has 0 radical (unpaired) electrons. The molecule has 0 aliphatic carbocycles. The summed E-state index contributed by atoms with van der Waals surface area (Å²) in [5.74, 6) is 0. The predicted molar refractivity (Wildman–Crippen MR) is 78.8 cm³/mol. The molecule has 0 aliphatic heterocycles. The van der Waals surface area contributed by atoms with Gasteiger partial charge in [-0.05, 0) is 32.4 Å². The molecule has 19 heavy (non-hydrogen) atoms. The Morgan fingerprint density at radius 2 is 2.11 bits per heavy atom. The highest BCUT2D eigenvalue weighted by Gasteiger charge is 2.08. The normalized spacial score (nSPS) is 14.6. The molecule has 0 amide bonds. The molecule has 0 aromatic carbocycles. The summed E-state index contributed by atoms with van der Waals surface area (Å²) in [6.07, 6.45) is -0.469. The van der Waals surface area contributed by atoms with Gasteiger partial charge in [0.05, 0.1) is 25.4 Å². The second-order valence-corrected chi connectivity index (χ2v) is 6.18. The van der Waals surface area contributed by atoms with Crippen LogP contribution in [0.1, 0.15) is 22.2 Å². The third-order valence-electron chi connectivity index (χ3n) is 2.87. The first-order valence-corrected chi connectivity index (χ1v) is 7.39. The molecule has 1 heterocycles. The quantitative estimate of drug-likeness (QED) is 0.728. The molecule has 0 spiro atoms. The second kappa shape index (κ2) is 8.66. The van der Waals surface area contributed by atoms with Gasteiger partial charge in [-0.25, -0.2) is 0 Å². The number of rotatable bonds is 9. The summed E-state index contributed by atoms with van der Waals surface area (Å²) < 4.78 is 10.4. The summed E-state index contributed by atoms with van der Waals surface area (Å²) in [6, 6.07) is 2.19. The molecule has 1 aromatic rings. The van der Waals surface area contributed by atoms with E-state index >= 15 is 0 Å². The summed E-state index contributed by atoms with van der Waals surface area (Å²) in [4.78, 5) is 2.66. The van der Waals surface area contributed by atoms with Crippen LogP contribution in [0.4, 0.5) is 0 Å². The lowest BCUT2D eigenvalue weighted by molar-refractivity contribution is -0.0311. The van der Waals surface area contributed by atoms with Crippen molar-refractivity contribution >= 4 is 11.3 Å². The summed E-state index contributed by atoms with van der Waals surface area (Å²) >= 11 is 1.80. The Labute approximate surface area is 119 Å². The van der Waals surface area contributed by atoms with Gasteiger partial charge in [-0.3, -0.25) is 0 Å². The molecule has 0 bridgehead atoms. The van der Waals surface area contributed by atoms with E-state index in [0.717, 1.165) is 6.54 Å². The molecular formula is C14H25NO3S. The van der Waals surface area contributed by atoms with E-state index in [0.29, 0.717) is 19.8 Å². The molecule has 0 fully saturated rings. The number of aliphatic hydroxyl groups excluding tert-OH is 1. The summed E-state index contributed by atoms with van der Waals surface area (Å²) in [7, 11) is 1.64. The monoisotopic (exact) mass is 287 g/mol. The molecule has 5 heteroatoms. The fourth-order valence-electron chi connectivity index (χ4n) is 1.72. The lowest BCUT2D eigenvalue weighted by atomic mass is 10.3. The maximum atomic E-state index is 9.78. The molecule has 0 aliphatic rings. The van der Waals surface area contributed by atoms with Crippen LogP contribution < -0.4 is 5.32 Å². The van der Waals surface area contributed by atoms with Gasteiger partial charge in [0.1, 0.15) is 0 Å². The number of thiophene rings is 1. The Morgan fingerprint density at radius 3 is 2.68 bits per heavy atom. The third kappa shape index (κ3) is 6.49. The van der Waals surface area contributed by atoms with Gasteiger partial charge in [-0.15, -0.1) is 11.3 Å². The van der Waals surface area contributed by atoms with Crippen molar-refractivity contribution in [1.82, 2.24) is 5.32 Å². The van der Waals surface area contributed by atoms with Crippen molar-refractivity contribution in [1.29, 1.82) is 0 Å². The van der Waals surface area contributed by atoms with Crippen molar-refractivity contribution in [2.45, 2.75) is 39.5 Å². The molecule has 1 aromatic heterocycles. The fourth-order valence-corrected chi connectivity index (χ4v) is 2.74. The minimum absolute atomic E-state index is 0.0160. The fraction of sp³-hybridized carbons (Fsp3) is 0.714. The highest BCUT2D eigenvalue weighted by Crippen LogP contribution is 2.20. The van der Waals surface area contributed by atoms with Gasteiger partial charge < -0.3 is 19.9 Å². The molecule has 2 N–H and O–H groups in total.